The molecule has 0 radical (unpaired) electrons. The van der Waals surface area contributed by atoms with Crippen molar-refractivity contribution in [3.05, 3.63) is 23.8 Å². The molecule has 2 amide bonds. The van der Waals surface area contributed by atoms with Crippen LogP contribution in [0.15, 0.2) is 18.2 Å². The first-order chi connectivity index (χ1) is 11.2. The quantitative estimate of drug-likeness (QED) is 0.751. The van der Waals surface area contributed by atoms with Crippen molar-refractivity contribution in [2.24, 2.45) is 5.41 Å². The fourth-order valence-electron chi connectivity index (χ4n) is 2.02. The van der Waals surface area contributed by atoms with E-state index in [0.29, 0.717) is 24.4 Å². The molecule has 0 heterocycles. The zero-order chi connectivity index (χ0) is 18.3. The molecule has 0 saturated heterocycles. The summed E-state index contributed by atoms with van der Waals surface area (Å²) in [6.07, 6.45) is 0.750. The van der Waals surface area contributed by atoms with E-state index in [1.54, 1.807) is 19.2 Å². The number of ether oxygens (including phenoxy) is 1. The molecule has 6 heteroatoms. The minimum atomic E-state index is -0.497. The van der Waals surface area contributed by atoms with Gasteiger partial charge in [-0.1, -0.05) is 20.8 Å². The summed E-state index contributed by atoms with van der Waals surface area (Å²) >= 11 is 0. The van der Waals surface area contributed by atoms with Crippen LogP contribution in [0.5, 0.6) is 0 Å². The minimum Gasteiger partial charge on any atom is -0.385 e. The van der Waals surface area contributed by atoms with Crippen molar-refractivity contribution < 1.29 is 14.3 Å². The van der Waals surface area contributed by atoms with Gasteiger partial charge in [-0.3, -0.25) is 9.59 Å². The van der Waals surface area contributed by atoms with Crippen molar-refractivity contribution in [2.45, 2.75) is 27.2 Å². The molecule has 0 fully saturated rings. The molecule has 0 unspecified atom stereocenters. The van der Waals surface area contributed by atoms with Crippen LogP contribution < -0.4 is 15.5 Å². The second kappa shape index (κ2) is 8.68. The zero-order valence-electron chi connectivity index (χ0n) is 15.5. The number of carbonyl (C=O) groups is 2. The minimum absolute atomic E-state index is 0.0912. The molecule has 1 aromatic rings. The van der Waals surface area contributed by atoms with E-state index < -0.39 is 5.41 Å². The number of nitrogens with zero attached hydrogens (tertiary/aromatic N) is 1. The number of amides is 2. The molecular formula is C18H29N3O3. The zero-order valence-corrected chi connectivity index (χ0v) is 15.5. The maximum atomic E-state index is 12.5. The molecule has 0 bridgehead atoms. The fourth-order valence-corrected chi connectivity index (χ4v) is 2.02. The normalized spacial score (nSPS) is 11.1. The van der Waals surface area contributed by atoms with Gasteiger partial charge < -0.3 is 20.3 Å². The van der Waals surface area contributed by atoms with Crippen molar-refractivity contribution in [1.29, 1.82) is 0 Å². The number of rotatable bonds is 7. The molecule has 0 aromatic heterocycles. The van der Waals surface area contributed by atoms with Crippen molar-refractivity contribution >= 4 is 23.2 Å². The highest BCUT2D eigenvalue weighted by Gasteiger charge is 2.22. The molecular weight excluding hydrogens is 306 g/mol. The summed E-state index contributed by atoms with van der Waals surface area (Å²) in [5.41, 5.74) is 1.45. The smallest absolute Gasteiger partial charge is 0.253 e. The van der Waals surface area contributed by atoms with Crippen molar-refractivity contribution in [3.63, 3.8) is 0 Å². The van der Waals surface area contributed by atoms with Crippen LogP contribution >= 0.6 is 0 Å². The van der Waals surface area contributed by atoms with Gasteiger partial charge in [-0.05, 0) is 24.6 Å². The first-order valence-electron chi connectivity index (χ1n) is 8.06. The van der Waals surface area contributed by atoms with Gasteiger partial charge >= 0.3 is 0 Å². The molecule has 0 saturated carbocycles. The highest BCUT2D eigenvalue weighted by atomic mass is 16.5. The summed E-state index contributed by atoms with van der Waals surface area (Å²) in [6, 6.07) is 5.35. The topological polar surface area (TPSA) is 70.7 Å². The van der Waals surface area contributed by atoms with E-state index in [4.69, 9.17) is 4.74 Å². The maximum absolute atomic E-state index is 12.5. The fraction of sp³-hybridized carbons (Fsp3) is 0.556. The molecule has 134 valence electrons. The Kier molecular flexibility index (Phi) is 7.22. The number of anilines is 2. The number of carbonyl (C=O) groups excluding carboxylic acids is 2. The molecule has 24 heavy (non-hydrogen) atoms. The highest BCUT2D eigenvalue weighted by molar-refractivity contribution is 6.02. The van der Waals surface area contributed by atoms with Gasteiger partial charge in [0, 0.05) is 51.1 Å². The summed E-state index contributed by atoms with van der Waals surface area (Å²) in [6.45, 7) is 6.68. The highest BCUT2D eigenvalue weighted by Crippen LogP contribution is 2.24. The average molecular weight is 335 g/mol. The number of nitrogens with one attached hydrogen (secondary N) is 2. The van der Waals surface area contributed by atoms with Gasteiger partial charge in [-0.25, -0.2) is 0 Å². The maximum Gasteiger partial charge on any atom is 0.253 e. The summed E-state index contributed by atoms with van der Waals surface area (Å²) in [5, 5.41) is 5.74. The third-order valence-corrected chi connectivity index (χ3v) is 3.47. The van der Waals surface area contributed by atoms with E-state index in [0.717, 1.165) is 12.1 Å². The van der Waals surface area contributed by atoms with Crippen molar-refractivity contribution in [3.8, 4) is 0 Å². The Morgan fingerprint density at radius 1 is 1.21 bits per heavy atom. The molecule has 0 atom stereocenters. The van der Waals surface area contributed by atoms with Gasteiger partial charge in [-0.2, -0.15) is 0 Å². The predicted octanol–water partition coefficient (Wildman–Crippen LogP) is 2.50. The van der Waals surface area contributed by atoms with Crippen LogP contribution in [-0.4, -0.2) is 46.2 Å². The molecule has 0 aliphatic rings. The van der Waals surface area contributed by atoms with E-state index in [2.05, 4.69) is 10.6 Å². The van der Waals surface area contributed by atoms with Gasteiger partial charge in [0.25, 0.3) is 5.91 Å². The lowest BCUT2D eigenvalue weighted by atomic mass is 9.95. The van der Waals surface area contributed by atoms with E-state index >= 15 is 0 Å². The van der Waals surface area contributed by atoms with Gasteiger partial charge in [0.1, 0.15) is 0 Å². The summed E-state index contributed by atoms with van der Waals surface area (Å²) in [7, 11) is 5.39. The average Bonchev–Trinajstić information content (AvgIpc) is 2.50. The monoisotopic (exact) mass is 335 g/mol. The Labute approximate surface area is 144 Å². The van der Waals surface area contributed by atoms with Crippen LogP contribution in [0.1, 0.15) is 37.6 Å². The van der Waals surface area contributed by atoms with Crippen LogP contribution in [0.4, 0.5) is 11.4 Å². The summed E-state index contributed by atoms with van der Waals surface area (Å²) in [5.74, 6) is -0.256. The van der Waals surface area contributed by atoms with Crippen molar-refractivity contribution in [2.75, 3.05) is 44.6 Å². The standard InChI is InChI=1S/C18H29N3O3/c1-18(2,3)17(23)20-13-8-9-15(21(4)5)14(12-13)16(22)19-10-7-11-24-6/h8-9,12H,7,10-11H2,1-6H3,(H,19,22)(H,20,23). The number of hydrogen-bond donors (Lipinski definition) is 2. The summed E-state index contributed by atoms with van der Waals surface area (Å²) < 4.78 is 4.98. The van der Waals surface area contributed by atoms with E-state index in [1.165, 1.54) is 0 Å². The van der Waals surface area contributed by atoms with Crippen molar-refractivity contribution in [1.82, 2.24) is 5.32 Å². The first-order valence-corrected chi connectivity index (χ1v) is 8.06. The molecule has 6 nitrogen and oxygen atoms in total. The second-order valence-corrected chi connectivity index (χ2v) is 6.93. The largest absolute Gasteiger partial charge is 0.385 e. The molecule has 1 rings (SSSR count). The Balaban J connectivity index is 2.96. The van der Waals surface area contributed by atoms with Crippen LogP contribution in [0.2, 0.25) is 0 Å². The molecule has 2 N–H and O–H groups in total. The first kappa shape index (κ1) is 20.0. The van der Waals surface area contributed by atoms with Crippen LogP contribution in [-0.2, 0) is 9.53 Å². The van der Waals surface area contributed by atoms with Gasteiger partial charge in [0.05, 0.1) is 5.56 Å². The Hall–Kier alpha value is -2.08. The van der Waals surface area contributed by atoms with Gasteiger partial charge in [0.2, 0.25) is 5.91 Å². The van der Waals surface area contributed by atoms with Gasteiger partial charge in [-0.15, -0.1) is 0 Å². The molecule has 0 aliphatic carbocycles. The third-order valence-electron chi connectivity index (χ3n) is 3.47. The lowest BCUT2D eigenvalue weighted by Gasteiger charge is -2.21. The predicted molar refractivity (Wildman–Crippen MR) is 97.7 cm³/mol. The molecule has 1 aromatic carbocycles. The van der Waals surface area contributed by atoms with Crippen LogP contribution in [0.25, 0.3) is 0 Å². The Morgan fingerprint density at radius 3 is 2.42 bits per heavy atom. The van der Waals surface area contributed by atoms with Gasteiger partial charge in [0.15, 0.2) is 0 Å². The SMILES string of the molecule is COCCCNC(=O)c1cc(NC(=O)C(C)(C)C)ccc1N(C)C. The number of methoxy groups -OCH3 is 1. The van der Waals surface area contributed by atoms with E-state index in [9.17, 15) is 9.59 Å². The van der Waals surface area contributed by atoms with E-state index in [1.807, 2.05) is 45.8 Å². The lowest BCUT2D eigenvalue weighted by molar-refractivity contribution is -0.123. The van der Waals surface area contributed by atoms with Crippen LogP contribution in [0, 0.1) is 5.41 Å². The Morgan fingerprint density at radius 2 is 1.88 bits per heavy atom. The summed E-state index contributed by atoms with van der Waals surface area (Å²) in [4.78, 5) is 26.5. The lowest BCUT2D eigenvalue weighted by Crippen LogP contribution is -2.29. The molecule has 0 spiro atoms. The van der Waals surface area contributed by atoms with Crippen LogP contribution in [0.3, 0.4) is 0 Å². The third kappa shape index (κ3) is 5.85. The number of hydrogen-bond acceptors (Lipinski definition) is 4. The second-order valence-electron chi connectivity index (χ2n) is 6.93. The Bertz CT molecular complexity index is 577. The van der Waals surface area contributed by atoms with E-state index in [-0.39, 0.29) is 11.8 Å². The number of benzene rings is 1. The molecule has 0 aliphatic heterocycles.